The van der Waals surface area contributed by atoms with Gasteiger partial charge in [-0.05, 0) is 55.8 Å². The maximum absolute atomic E-state index is 13.9. The zero-order valence-electron chi connectivity index (χ0n) is 17.7. The lowest BCUT2D eigenvalue weighted by Gasteiger charge is -2.24. The molecule has 0 spiro atoms. The fraction of sp³-hybridized carbons (Fsp3) is 0.364. The highest BCUT2D eigenvalue weighted by Crippen LogP contribution is 2.37. The standard InChI is InChI=1S/C22H24FN3O4S2/c1-3-30-17-8-6-16(7-9-17)26(22-25-19-12-32(28,29)13-20(19)31-22)11-21(27)24-15-5-4-14(2)18(23)10-15/h4-10,19-20H,3,11-13H2,1-2H3,(H,24,27)/t19-,20-/m1/s1. The van der Waals surface area contributed by atoms with Crippen LogP contribution in [0.25, 0.3) is 0 Å². The van der Waals surface area contributed by atoms with Gasteiger partial charge in [-0.25, -0.2) is 12.8 Å². The van der Waals surface area contributed by atoms with E-state index >= 15 is 0 Å². The Hall–Kier alpha value is -2.59. The van der Waals surface area contributed by atoms with Crippen LogP contribution in [0, 0.1) is 12.7 Å². The predicted octanol–water partition coefficient (Wildman–Crippen LogP) is 3.25. The molecule has 1 N–H and O–H groups in total. The Bertz CT molecular complexity index is 1150. The van der Waals surface area contributed by atoms with E-state index in [4.69, 9.17) is 4.74 Å². The van der Waals surface area contributed by atoms with Gasteiger partial charge in [-0.1, -0.05) is 17.8 Å². The van der Waals surface area contributed by atoms with Crippen LogP contribution < -0.4 is 15.0 Å². The van der Waals surface area contributed by atoms with Gasteiger partial charge in [0, 0.05) is 16.6 Å². The van der Waals surface area contributed by atoms with Crippen molar-refractivity contribution in [1.82, 2.24) is 0 Å². The number of sulfone groups is 1. The molecule has 1 saturated heterocycles. The lowest BCUT2D eigenvalue weighted by molar-refractivity contribution is -0.114. The summed E-state index contributed by atoms with van der Waals surface area (Å²) < 4.78 is 43.2. The number of amidine groups is 1. The number of fused-ring (bicyclic) bond motifs is 1. The number of hydrogen-bond donors (Lipinski definition) is 1. The number of nitrogens with zero attached hydrogens (tertiary/aromatic N) is 2. The molecular formula is C22H24FN3O4S2. The molecule has 32 heavy (non-hydrogen) atoms. The maximum Gasteiger partial charge on any atom is 0.244 e. The maximum atomic E-state index is 13.9. The molecule has 1 amide bonds. The number of anilines is 2. The van der Waals surface area contributed by atoms with Crippen LogP contribution in [0.5, 0.6) is 5.75 Å². The van der Waals surface area contributed by atoms with Gasteiger partial charge >= 0.3 is 0 Å². The molecule has 0 saturated carbocycles. The van der Waals surface area contributed by atoms with Crippen LogP contribution in [0.15, 0.2) is 47.5 Å². The van der Waals surface area contributed by atoms with E-state index in [1.54, 1.807) is 24.0 Å². The Labute approximate surface area is 191 Å². The summed E-state index contributed by atoms with van der Waals surface area (Å²) in [6.07, 6.45) is 0. The van der Waals surface area contributed by atoms with Gasteiger partial charge in [0.25, 0.3) is 0 Å². The fourth-order valence-electron chi connectivity index (χ4n) is 3.64. The van der Waals surface area contributed by atoms with Gasteiger partial charge < -0.3 is 15.0 Å². The first kappa shape index (κ1) is 22.6. The second kappa shape index (κ2) is 9.11. The van der Waals surface area contributed by atoms with E-state index in [0.717, 1.165) is 5.69 Å². The first-order valence-corrected chi connectivity index (χ1v) is 13.0. The smallest absolute Gasteiger partial charge is 0.244 e. The molecule has 10 heteroatoms. The number of amides is 1. The Morgan fingerprint density at radius 2 is 2.00 bits per heavy atom. The van der Waals surface area contributed by atoms with Gasteiger partial charge in [0.15, 0.2) is 15.0 Å². The molecule has 0 unspecified atom stereocenters. The quantitative estimate of drug-likeness (QED) is 0.687. The van der Waals surface area contributed by atoms with E-state index < -0.39 is 15.7 Å². The van der Waals surface area contributed by atoms with E-state index in [1.165, 1.54) is 17.8 Å². The highest BCUT2D eigenvalue weighted by Gasteiger charge is 2.44. The number of benzene rings is 2. The highest BCUT2D eigenvalue weighted by atomic mass is 32.2. The van der Waals surface area contributed by atoms with E-state index in [9.17, 15) is 17.6 Å². The van der Waals surface area contributed by atoms with Crippen molar-refractivity contribution in [3.05, 3.63) is 53.8 Å². The number of rotatable bonds is 6. The molecule has 7 nitrogen and oxygen atoms in total. The van der Waals surface area contributed by atoms with Gasteiger partial charge in [0.1, 0.15) is 18.1 Å². The molecule has 0 aromatic heterocycles. The molecule has 4 rings (SSSR count). The SMILES string of the molecule is CCOc1ccc(N(CC(=O)Nc2ccc(C)c(F)c2)C2=N[C@@H]3CS(=O)(=O)C[C@H]3S2)cc1. The third-order valence-corrected chi connectivity index (χ3v) is 8.50. The topological polar surface area (TPSA) is 88.1 Å². The van der Waals surface area contributed by atoms with Crippen molar-refractivity contribution >= 4 is 44.0 Å². The van der Waals surface area contributed by atoms with Crippen molar-refractivity contribution in [2.45, 2.75) is 25.1 Å². The number of aliphatic imine (C=N–C) groups is 1. The van der Waals surface area contributed by atoms with Crippen LogP contribution in [-0.2, 0) is 14.6 Å². The summed E-state index contributed by atoms with van der Waals surface area (Å²) in [5, 5.41) is 3.18. The number of nitrogens with one attached hydrogen (secondary N) is 1. The van der Waals surface area contributed by atoms with Crippen LogP contribution in [-0.4, -0.2) is 55.4 Å². The van der Waals surface area contributed by atoms with E-state index in [0.29, 0.717) is 28.8 Å². The zero-order chi connectivity index (χ0) is 22.9. The Morgan fingerprint density at radius 1 is 1.25 bits per heavy atom. The van der Waals surface area contributed by atoms with Crippen molar-refractivity contribution in [3.63, 3.8) is 0 Å². The average molecular weight is 478 g/mol. The molecule has 0 radical (unpaired) electrons. The third kappa shape index (κ3) is 5.07. The molecule has 2 atom stereocenters. The largest absolute Gasteiger partial charge is 0.494 e. The van der Waals surface area contributed by atoms with Crippen molar-refractivity contribution in [2.75, 3.05) is 34.9 Å². The molecular weight excluding hydrogens is 453 g/mol. The molecule has 2 aliphatic heterocycles. The fourth-order valence-corrected chi connectivity index (χ4v) is 7.42. The van der Waals surface area contributed by atoms with Crippen LogP contribution in [0.2, 0.25) is 0 Å². The number of aryl methyl sites for hydroxylation is 1. The molecule has 2 aromatic carbocycles. The summed E-state index contributed by atoms with van der Waals surface area (Å²) >= 11 is 1.38. The summed E-state index contributed by atoms with van der Waals surface area (Å²) in [6, 6.07) is 11.5. The van der Waals surface area contributed by atoms with Crippen molar-refractivity contribution in [2.24, 2.45) is 4.99 Å². The number of thioether (sulfide) groups is 1. The average Bonchev–Trinajstić information content (AvgIpc) is 3.23. The zero-order valence-corrected chi connectivity index (χ0v) is 19.4. The van der Waals surface area contributed by atoms with Crippen molar-refractivity contribution in [3.8, 4) is 5.75 Å². The normalized spacial score (nSPS) is 21.0. The van der Waals surface area contributed by atoms with E-state index in [-0.39, 0.29) is 35.2 Å². The number of carbonyl (C=O) groups excluding carboxylic acids is 1. The lowest BCUT2D eigenvalue weighted by atomic mass is 10.2. The van der Waals surface area contributed by atoms with Crippen LogP contribution in [0.1, 0.15) is 12.5 Å². The minimum absolute atomic E-state index is 0.0279. The van der Waals surface area contributed by atoms with Crippen molar-refractivity contribution in [1.29, 1.82) is 0 Å². The number of carbonyl (C=O) groups is 1. The Balaban J connectivity index is 1.56. The molecule has 2 aromatic rings. The van der Waals surface area contributed by atoms with Gasteiger partial charge in [0.05, 0.1) is 24.2 Å². The first-order valence-electron chi connectivity index (χ1n) is 10.3. The number of halogens is 1. The van der Waals surface area contributed by atoms with Gasteiger partial charge in [-0.3, -0.25) is 9.79 Å². The van der Waals surface area contributed by atoms with Crippen LogP contribution >= 0.6 is 11.8 Å². The summed E-state index contributed by atoms with van der Waals surface area (Å²) in [5.74, 6) is 0.0901. The summed E-state index contributed by atoms with van der Waals surface area (Å²) in [5.41, 5.74) is 1.60. The second-order valence-corrected chi connectivity index (χ2v) is 11.1. The summed E-state index contributed by atoms with van der Waals surface area (Å²) in [7, 11) is -3.08. The van der Waals surface area contributed by atoms with E-state index in [2.05, 4.69) is 10.3 Å². The van der Waals surface area contributed by atoms with Crippen LogP contribution in [0.4, 0.5) is 15.8 Å². The molecule has 1 fully saturated rings. The van der Waals surface area contributed by atoms with Gasteiger partial charge in [-0.15, -0.1) is 0 Å². The summed E-state index contributed by atoms with van der Waals surface area (Å²) in [6.45, 7) is 4.04. The molecule has 2 aliphatic rings. The minimum Gasteiger partial charge on any atom is -0.494 e. The summed E-state index contributed by atoms with van der Waals surface area (Å²) in [4.78, 5) is 19.2. The van der Waals surface area contributed by atoms with Gasteiger partial charge in [-0.2, -0.15) is 0 Å². The number of ether oxygens (including phenoxy) is 1. The molecule has 0 bridgehead atoms. The Kier molecular flexibility index (Phi) is 6.43. The highest BCUT2D eigenvalue weighted by molar-refractivity contribution is 8.15. The molecule has 170 valence electrons. The Morgan fingerprint density at radius 3 is 2.66 bits per heavy atom. The lowest BCUT2D eigenvalue weighted by Crippen LogP contribution is -2.36. The number of hydrogen-bond acceptors (Lipinski definition) is 7. The van der Waals surface area contributed by atoms with Crippen LogP contribution in [0.3, 0.4) is 0 Å². The van der Waals surface area contributed by atoms with Crippen molar-refractivity contribution < 1.29 is 22.3 Å². The predicted molar refractivity (Wildman–Crippen MR) is 126 cm³/mol. The second-order valence-electron chi connectivity index (χ2n) is 7.74. The minimum atomic E-state index is -3.08. The molecule has 0 aliphatic carbocycles. The van der Waals surface area contributed by atoms with E-state index in [1.807, 2.05) is 31.2 Å². The first-order chi connectivity index (χ1) is 15.2. The van der Waals surface area contributed by atoms with Gasteiger partial charge in [0.2, 0.25) is 5.91 Å². The molecule has 2 heterocycles. The monoisotopic (exact) mass is 477 g/mol. The third-order valence-electron chi connectivity index (χ3n) is 5.25.